The third-order valence-electron chi connectivity index (χ3n) is 5.93. The number of unbranched alkanes of at least 4 members (excludes halogenated alkanes) is 2. The number of urea groups is 1. The van der Waals surface area contributed by atoms with E-state index in [4.69, 9.17) is 0 Å². The zero-order chi connectivity index (χ0) is 23.9. The van der Waals surface area contributed by atoms with Crippen LogP contribution in [0, 0.1) is 0 Å². The fourth-order valence-electron chi connectivity index (χ4n) is 4.07. The van der Waals surface area contributed by atoms with E-state index in [1.165, 1.54) is 5.56 Å². The van der Waals surface area contributed by atoms with Gasteiger partial charge >= 0.3 is 6.03 Å². The molecule has 7 nitrogen and oxygen atoms in total. The van der Waals surface area contributed by atoms with Gasteiger partial charge < -0.3 is 15.6 Å². The SMILES string of the molecule is CCCCCNC(=O)N=c1cccc2c(c1)[nH]c1c(NCCc3cnn(C(C)C)c3)cccc12. The second-order valence-electron chi connectivity index (χ2n) is 8.93. The van der Waals surface area contributed by atoms with Crippen molar-refractivity contribution in [2.45, 2.75) is 52.5 Å². The molecule has 0 aliphatic heterocycles. The largest absolute Gasteiger partial charge is 0.383 e. The zero-order valence-corrected chi connectivity index (χ0v) is 20.3. The summed E-state index contributed by atoms with van der Waals surface area (Å²) in [4.78, 5) is 20.0. The van der Waals surface area contributed by atoms with Gasteiger partial charge in [0.2, 0.25) is 0 Å². The lowest BCUT2D eigenvalue weighted by atomic mass is 10.1. The van der Waals surface area contributed by atoms with Gasteiger partial charge in [-0.05, 0) is 50.5 Å². The molecule has 4 aromatic rings. The molecule has 178 valence electrons. The number of para-hydroxylation sites is 1. The molecule has 0 aliphatic rings. The highest BCUT2D eigenvalue weighted by atomic mass is 16.2. The van der Waals surface area contributed by atoms with Crippen molar-refractivity contribution < 1.29 is 4.79 Å². The quantitative estimate of drug-likeness (QED) is 0.287. The van der Waals surface area contributed by atoms with Crippen LogP contribution in [0.1, 0.15) is 51.6 Å². The minimum absolute atomic E-state index is 0.297. The molecule has 2 amide bonds. The molecular formula is C27H34N6O. The Morgan fingerprint density at radius 2 is 1.94 bits per heavy atom. The Bertz CT molecular complexity index is 1330. The number of anilines is 1. The predicted molar refractivity (Wildman–Crippen MR) is 139 cm³/mol. The summed E-state index contributed by atoms with van der Waals surface area (Å²) in [5.41, 5.74) is 4.28. The maximum atomic E-state index is 12.2. The van der Waals surface area contributed by atoms with Gasteiger partial charge in [0.15, 0.2) is 0 Å². The fraction of sp³-hybridized carbons (Fsp3) is 0.370. The Morgan fingerprint density at radius 1 is 1.12 bits per heavy atom. The summed E-state index contributed by atoms with van der Waals surface area (Å²) in [5, 5.41) is 13.7. The molecule has 0 saturated carbocycles. The monoisotopic (exact) mass is 458 g/mol. The molecule has 7 heteroatoms. The number of rotatable bonds is 9. The second-order valence-corrected chi connectivity index (χ2v) is 8.93. The number of aromatic amines is 1. The Labute approximate surface area is 200 Å². The number of H-pyrrole nitrogens is 1. The number of hydrogen-bond donors (Lipinski definition) is 3. The molecule has 2 heterocycles. The van der Waals surface area contributed by atoms with Crippen LogP contribution in [-0.4, -0.2) is 33.9 Å². The average Bonchev–Trinajstić information content (AvgIpc) is 3.37. The number of nitrogens with zero attached hydrogens (tertiary/aromatic N) is 3. The van der Waals surface area contributed by atoms with E-state index in [1.54, 1.807) is 0 Å². The lowest BCUT2D eigenvalue weighted by Crippen LogP contribution is -2.22. The van der Waals surface area contributed by atoms with Gasteiger partial charge in [0.05, 0.1) is 22.8 Å². The van der Waals surface area contributed by atoms with Gasteiger partial charge in [-0.2, -0.15) is 10.1 Å². The standard InChI is InChI=1S/C27H34N6O/c1-4-5-6-14-29-27(34)31-21-9-7-10-22-23-11-8-12-24(26(23)32-25(22)16-21)28-15-13-20-17-30-33(18-20)19(2)3/h7-12,16-19,28,32H,4-6,13-15H2,1-3H3,(H,29,34). The number of nitrogens with one attached hydrogen (secondary N) is 3. The van der Waals surface area contributed by atoms with Crippen LogP contribution in [0.2, 0.25) is 0 Å². The number of carbonyl (C=O) groups is 1. The van der Waals surface area contributed by atoms with Gasteiger partial charge in [0, 0.05) is 41.6 Å². The summed E-state index contributed by atoms with van der Waals surface area (Å²) < 4.78 is 1.99. The number of amides is 2. The molecule has 34 heavy (non-hydrogen) atoms. The van der Waals surface area contributed by atoms with E-state index in [1.807, 2.05) is 29.1 Å². The molecule has 0 bridgehead atoms. The maximum Gasteiger partial charge on any atom is 0.341 e. The van der Waals surface area contributed by atoms with Gasteiger partial charge in [-0.25, -0.2) is 4.79 Å². The topological polar surface area (TPSA) is 87.1 Å². The lowest BCUT2D eigenvalue weighted by Gasteiger charge is -2.07. The molecule has 2 aromatic heterocycles. The molecule has 3 N–H and O–H groups in total. The summed E-state index contributed by atoms with van der Waals surface area (Å²) in [7, 11) is 0. The van der Waals surface area contributed by atoms with Crippen molar-refractivity contribution in [1.82, 2.24) is 20.1 Å². The Kier molecular flexibility index (Phi) is 7.62. The molecule has 0 fully saturated rings. The predicted octanol–water partition coefficient (Wildman–Crippen LogP) is 5.55. The van der Waals surface area contributed by atoms with Gasteiger partial charge in [-0.1, -0.05) is 44.0 Å². The molecule has 0 spiro atoms. The first-order valence-corrected chi connectivity index (χ1v) is 12.2. The molecule has 0 atom stereocenters. The minimum Gasteiger partial charge on any atom is -0.383 e. The number of aromatic nitrogens is 3. The van der Waals surface area contributed by atoms with Crippen molar-refractivity contribution in [2.24, 2.45) is 4.99 Å². The van der Waals surface area contributed by atoms with Gasteiger partial charge in [-0.15, -0.1) is 0 Å². The van der Waals surface area contributed by atoms with Gasteiger partial charge in [0.1, 0.15) is 0 Å². The van der Waals surface area contributed by atoms with Crippen LogP contribution in [0.4, 0.5) is 10.5 Å². The second kappa shape index (κ2) is 11.0. The van der Waals surface area contributed by atoms with Crippen molar-refractivity contribution in [3.8, 4) is 0 Å². The summed E-state index contributed by atoms with van der Waals surface area (Å²) in [6, 6.07) is 14.2. The summed E-state index contributed by atoms with van der Waals surface area (Å²) in [6.45, 7) is 7.87. The van der Waals surface area contributed by atoms with Gasteiger partial charge in [-0.3, -0.25) is 4.68 Å². The van der Waals surface area contributed by atoms with Crippen LogP contribution < -0.4 is 16.0 Å². The van der Waals surface area contributed by atoms with Crippen molar-refractivity contribution in [2.75, 3.05) is 18.4 Å². The molecular weight excluding hydrogens is 424 g/mol. The number of benzene rings is 1. The highest BCUT2D eigenvalue weighted by Gasteiger charge is 2.08. The van der Waals surface area contributed by atoms with Crippen molar-refractivity contribution in [3.05, 3.63) is 65.8 Å². The maximum absolute atomic E-state index is 12.2. The molecule has 0 aliphatic carbocycles. The summed E-state index contributed by atoms with van der Waals surface area (Å²) >= 11 is 0. The molecule has 0 saturated heterocycles. The smallest absolute Gasteiger partial charge is 0.341 e. The Morgan fingerprint density at radius 3 is 2.74 bits per heavy atom. The molecule has 0 unspecified atom stereocenters. The van der Waals surface area contributed by atoms with Crippen LogP contribution in [0.15, 0.2) is 59.9 Å². The van der Waals surface area contributed by atoms with Gasteiger partial charge in [0.25, 0.3) is 0 Å². The van der Waals surface area contributed by atoms with E-state index in [0.717, 1.165) is 59.7 Å². The van der Waals surface area contributed by atoms with Crippen molar-refractivity contribution >= 4 is 33.5 Å². The van der Waals surface area contributed by atoms with E-state index in [-0.39, 0.29) is 6.03 Å². The summed E-state index contributed by atoms with van der Waals surface area (Å²) in [5.74, 6) is 0. The summed E-state index contributed by atoms with van der Waals surface area (Å²) in [6.07, 6.45) is 8.15. The van der Waals surface area contributed by atoms with E-state index >= 15 is 0 Å². The molecule has 0 radical (unpaired) electrons. The van der Waals surface area contributed by atoms with Crippen LogP contribution in [0.25, 0.3) is 21.8 Å². The van der Waals surface area contributed by atoms with E-state index in [2.05, 4.69) is 76.9 Å². The number of hydrogen-bond acceptors (Lipinski definition) is 3. The fourth-order valence-corrected chi connectivity index (χ4v) is 4.07. The Hall–Kier alpha value is -3.61. The first kappa shape index (κ1) is 23.5. The highest BCUT2D eigenvalue weighted by molar-refractivity contribution is 6.10. The average molecular weight is 459 g/mol. The first-order chi connectivity index (χ1) is 16.5. The minimum atomic E-state index is -0.297. The van der Waals surface area contributed by atoms with Crippen LogP contribution in [-0.2, 0) is 6.42 Å². The van der Waals surface area contributed by atoms with E-state index < -0.39 is 0 Å². The van der Waals surface area contributed by atoms with Crippen LogP contribution >= 0.6 is 0 Å². The zero-order valence-electron chi connectivity index (χ0n) is 20.3. The third kappa shape index (κ3) is 5.65. The third-order valence-corrected chi connectivity index (χ3v) is 5.93. The highest BCUT2D eigenvalue weighted by Crippen LogP contribution is 2.29. The number of carbonyl (C=O) groups excluding carboxylic acids is 1. The van der Waals surface area contributed by atoms with Crippen molar-refractivity contribution in [1.29, 1.82) is 0 Å². The van der Waals surface area contributed by atoms with Crippen LogP contribution in [0.3, 0.4) is 0 Å². The van der Waals surface area contributed by atoms with Crippen molar-refractivity contribution in [3.63, 3.8) is 0 Å². The van der Waals surface area contributed by atoms with E-state index in [9.17, 15) is 4.79 Å². The van der Waals surface area contributed by atoms with E-state index in [0.29, 0.717) is 17.9 Å². The lowest BCUT2D eigenvalue weighted by molar-refractivity contribution is 0.248. The Balaban J connectivity index is 1.53. The first-order valence-electron chi connectivity index (χ1n) is 12.2. The van der Waals surface area contributed by atoms with Crippen LogP contribution in [0.5, 0.6) is 0 Å². The number of fused-ring (bicyclic) bond motifs is 3. The molecule has 2 aromatic carbocycles. The normalized spacial score (nSPS) is 12.1. The molecule has 4 rings (SSSR count).